The maximum atomic E-state index is 12.6. The highest BCUT2D eigenvalue weighted by molar-refractivity contribution is 5.99. The van der Waals surface area contributed by atoms with E-state index in [4.69, 9.17) is 0 Å². The van der Waals surface area contributed by atoms with Crippen molar-refractivity contribution in [3.05, 3.63) is 24.0 Å². The van der Waals surface area contributed by atoms with E-state index in [1.54, 1.807) is 12.4 Å². The van der Waals surface area contributed by atoms with Crippen LogP contribution in [0.4, 0.5) is 5.69 Å². The van der Waals surface area contributed by atoms with E-state index in [9.17, 15) is 4.79 Å². The SMILES string of the molecule is CNc1ccncc1C(=O)N1CCCC1CN(C)C. The molecule has 1 N–H and O–H groups in total. The second kappa shape index (κ2) is 6.02. The third-order valence-corrected chi connectivity index (χ3v) is 3.53. The Hall–Kier alpha value is -1.62. The van der Waals surface area contributed by atoms with Gasteiger partial charge in [-0.2, -0.15) is 0 Å². The number of nitrogens with one attached hydrogen (secondary N) is 1. The van der Waals surface area contributed by atoms with Gasteiger partial charge in [-0.3, -0.25) is 9.78 Å². The van der Waals surface area contributed by atoms with Crippen LogP contribution in [0, 0.1) is 0 Å². The van der Waals surface area contributed by atoms with Crippen LogP contribution >= 0.6 is 0 Å². The number of hydrogen-bond donors (Lipinski definition) is 1. The first-order chi connectivity index (χ1) is 9.13. The van der Waals surface area contributed by atoms with E-state index in [2.05, 4.69) is 15.2 Å². The molecule has 1 amide bonds. The van der Waals surface area contributed by atoms with E-state index < -0.39 is 0 Å². The van der Waals surface area contributed by atoms with E-state index in [1.807, 2.05) is 32.1 Å². The van der Waals surface area contributed by atoms with Gasteiger partial charge in [-0.15, -0.1) is 0 Å². The number of likely N-dealkylation sites (tertiary alicyclic amines) is 1. The molecule has 5 heteroatoms. The van der Waals surface area contributed by atoms with Gasteiger partial charge in [-0.25, -0.2) is 0 Å². The topological polar surface area (TPSA) is 48.5 Å². The number of carbonyl (C=O) groups excluding carboxylic acids is 1. The number of rotatable bonds is 4. The van der Waals surface area contributed by atoms with Crippen LogP contribution in [0.2, 0.25) is 0 Å². The van der Waals surface area contributed by atoms with Gasteiger partial charge in [0.2, 0.25) is 0 Å². The van der Waals surface area contributed by atoms with Crippen molar-refractivity contribution in [2.75, 3.05) is 39.5 Å². The zero-order chi connectivity index (χ0) is 13.8. The summed E-state index contributed by atoms with van der Waals surface area (Å²) in [5.41, 5.74) is 1.51. The van der Waals surface area contributed by atoms with Gasteiger partial charge < -0.3 is 15.1 Å². The number of likely N-dealkylation sites (N-methyl/N-ethyl adjacent to an activating group) is 1. The van der Waals surface area contributed by atoms with Crippen LogP contribution in [0.3, 0.4) is 0 Å². The average molecular weight is 262 g/mol. The molecule has 2 rings (SSSR count). The van der Waals surface area contributed by atoms with Crippen LogP contribution in [-0.2, 0) is 0 Å². The second-order valence-corrected chi connectivity index (χ2v) is 5.23. The Morgan fingerprint density at radius 1 is 1.58 bits per heavy atom. The summed E-state index contributed by atoms with van der Waals surface area (Å²) in [6, 6.07) is 2.15. The van der Waals surface area contributed by atoms with Crippen molar-refractivity contribution in [1.29, 1.82) is 0 Å². The molecule has 1 saturated heterocycles. The molecular weight excluding hydrogens is 240 g/mol. The molecule has 1 atom stereocenters. The molecule has 0 spiro atoms. The van der Waals surface area contributed by atoms with Crippen LogP contribution in [0.15, 0.2) is 18.5 Å². The van der Waals surface area contributed by atoms with Crippen molar-refractivity contribution < 1.29 is 4.79 Å². The molecule has 1 fully saturated rings. The molecule has 1 unspecified atom stereocenters. The normalized spacial score (nSPS) is 18.9. The van der Waals surface area contributed by atoms with Crippen LogP contribution < -0.4 is 5.32 Å². The highest BCUT2D eigenvalue weighted by Gasteiger charge is 2.30. The molecule has 2 heterocycles. The summed E-state index contributed by atoms with van der Waals surface area (Å²) >= 11 is 0. The number of amides is 1. The molecule has 0 bridgehead atoms. The third-order valence-electron chi connectivity index (χ3n) is 3.53. The molecule has 1 aromatic rings. The highest BCUT2D eigenvalue weighted by atomic mass is 16.2. The standard InChI is InChI=1S/C14H22N4O/c1-15-13-6-7-16-9-12(13)14(19)18-8-4-5-11(18)10-17(2)3/h6-7,9,11H,4-5,8,10H2,1-3H3,(H,15,16). The van der Waals surface area contributed by atoms with Crippen LogP contribution in [-0.4, -0.2) is 61.0 Å². The van der Waals surface area contributed by atoms with Gasteiger partial charge >= 0.3 is 0 Å². The number of aromatic nitrogens is 1. The fourth-order valence-corrected chi connectivity index (χ4v) is 2.65. The van der Waals surface area contributed by atoms with Crippen molar-refractivity contribution in [2.24, 2.45) is 0 Å². The fraction of sp³-hybridized carbons (Fsp3) is 0.571. The van der Waals surface area contributed by atoms with Gasteiger partial charge in [0, 0.05) is 44.3 Å². The first kappa shape index (κ1) is 13.8. The van der Waals surface area contributed by atoms with E-state index in [0.29, 0.717) is 11.6 Å². The smallest absolute Gasteiger partial charge is 0.257 e. The summed E-state index contributed by atoms with van der Waals surface area (Å²) in [4.78, 5) is 20.8. The molecule has 1 aliphatic rings. The summed E-state index contributed by atoms with van der Waals surface area (Å²) in [5.74, 6) is 0.0850. The Morgan fingerprint density at radius 2 is 2.37 bits per heavy atom. The number of pyridine rings is 1. The number of anilines is 1. The quantitative estimate of drug-likeness (QED) is 0.888. The Kier molecular flexibility index (Phi) is 4.37. The summed E-state index contributed by atoms with van der Waals surface area (Å²) < 4.78 is 0. The Morgan fingerprint density at radius 3 is 3.05 bits per heavy atom. The zero-order valence-corrected chi connectivity index (χ0v) is 11.9. The maximum Gasteiger partial charge on any atom is 0.257 e. The molecule has 1 aromatic heterocycles. The predicted molar refractivity (Wildman–Crippen MR) is 76.4 cm³/mol. The van der Waals surface area contributed by atoms with E-state index in [1.165, 1.54) is 0 Å². The summed E-state index contributed by atoms with van der Waals surface area (Å²) in [5, 5.41) is 3.06. The number of hydrogen-bond acceptors (Lipinski definition) is 4. The van der Waals surface area contributed by atoms with Crippen LogP contribution in [0.5, 0.6) is 0 Å². The molecule has 0 radical (unpaired) electrons. The van der Waals surface area contributed by atoms with Crippen LogP contribution in [0.25, 0.3) is 0 Å². The molecule has 19 heavy (non-hydrogen) atoms. The Bertz CT molecular complexity index is 447. The lowest BCUT2D eigenvalue weighted by Crippen LogP contribution is -2.41. The summed E-state index contributed by atoms with van der Waals surface area (Å²) in [7, 11) is 5.92. The van der Waals surface area contributed by atoms with Gasteiger partial charge in [0.05, 0.1) is 5.56 Å². The largest absolute Gasteiger partial charge is 0.387 e. The number of carbonyl (C=O) groups is 1. The van der Waals surface area contributed by atoms with Crippen molar-refractivity contribution in [1.82, 2.24) is 14.8 Å². The minimum absolute atomic E-state index is 0.0850. The molecule has 5 nitrogen and oxygen atoms in total. The lowest BCUT2D eigenvalue weighted by atomic mass is 10.1. The molecular formula is C14H22N4O. The average Bonchev–Trinajstić information content (AvgIpc) is 2.85. The molecule has 0 aliphatic carbocycles. The van der Waals surface area contributed by atoms with Crippen molar-refractivity contribution in [3.8, 4) is 0 Å². The van der Waals surface area contributed by atoms with Gasteiger partial charge in [-0.1, -0.05) is 0 Å². The Balaban J connectivity index is 2.18. The van der Waals surface area contributed by atoms with Gasteiger partial charge in [0.25, 0.3) is 5.91 Å². The molecule has 104 valence electrons. The van der Waals surface area contributed by atoms with Crippen molar-refractivity contribution in [2.45, 2.75) is 18.9 Å². The lowest BCUT2D eigenvalue weighted by Gasteiger charge is -2.27. The summed E-state index contributed by atoms with van der Waals surface area (Å²) in [6.45, 7) is 1.76. The van der Waals surface area contributed by atoms with Gasteiger partial charge in [0.15, 0.2) is 0 Å². The van der Waals surface area contributed by atoms with Crippen LogP contribution in [0.1, 0.15) is 23.2 Å². The van der Waals surface area contributed by atoms with Gasteiger partial charge in [0.1, 0.15) is 0 Å². The van der Waals surface area contributed by atoms with E-state index in [-0.39, 0.29) is 5.91 Å². The minimum Gasteiger partial charge on any atom is -0.387 e. The first-order valence-electron chi connectivity index (χ1n) is 6.71. The predicted octanol–water partition coefficient (Wildman–Crippen LogP) is 1.29. The zero-order valence-electron chi connectivity index (χ0n) is 11.9. The maximum absolute atomic E-state index is 12.6. The highest BCUT2D eigenvalue weighted by Crippen LogP contribution is 2.23. The Labute approximate surface area is 114 Å². The molecule has 0 saturated carbocycles. The van der Waals surface area contributed by atoms with Crippen molar-refractivity contribution in [3.63, 3.8) is 0 Å². The molecule has 1 aliphatic heterocycles. The monoisotopic (exact) mass is 262 g/mol. The molecule has 0 aromatic carbocycles. The lowest BCUT2D eigenvalue weighted by molar-refractivity contribution is 0.0717. The summed E-state index contributed by atoms with van der Waals surface area (Å²) in [6.07, 6.45) is 5.52. The van der Waals surface area contributed by atoms with E-state index in [0.717, 1.165) is 31.6 Å². The second-order valence-electron chi connectivity index (χ2n) is 5.23. The van der Waals surface area contributed by atoms with Crippen molar-refractivity contribution >= 4 is 11.6 Å². The number of nitrogens with zero attached hydrogens (tertiary/aromatic N) is 3. The van der Waals surface area contributed by atoms with E-state index >= 15 is 0 Å². The minimum atomic E-state index is 0.0850. The fourth-order valence-electron chi connectivity index (χ4n) is 2.65. The third kappa shape index (κ3) is 3.04. The van der Waals surface area contributed by atoms with Gasteiger partial charge in [-0.05, 0) is 33.0 Å². The first-order valence-corrected chi connectivity index (χ1v) is 6.71.